The molecule has 1 aliphatic carbocycles. The van der Waals surface area contributed by atoms with E-state index in [9.17, 15) is 17.6 Å². The monoisotopic (exact) mass is 447 g/mol. The van der Waals surface area contributed by atoms with E-state index in [1.54, 1.807) is 0 Å². The van der Waals surface area contributed by atoms with Gasteiger partial charge in [-0.3, -0.25) is 4.79 Å². The fourth-order valence-electron chi connectivity index (χ4n) is 3.85. The fraction of sp³-hybridized carbons (Fsp3) is 0.455. The van der Waals surface area contributed by atoms with Gasteiger partial charge >= 0.3 is 0 Å². The zero-order chi connectivity index (χ0) is 22.2. The summed E-state index contributed by atoms with van der Waals surface area (Å²) >= 11 is 0. The molecule has 1 aromatic carbocycles. The maximum absolute atomic E-state index is 14.7. The van der Waals surface area contributed by atoms with Gasteiger partial charge in [-0.2, -0.15) is 0 Å². The van der Waals surface area contributed by atoms with Crippen molar-refractivity contribution in [3.63, 3.8) is 0 Å². The second-order valence-corrected chi connectivity index (χ2v) is 10.1. The lowest BCUT2D eigenvalue weighted by Gasteiger charge is -2.34. The van der Waals surface area contributed by atoms with Gasteiger partial charge in [0.2, 0.25) is 10.0 Å². The Bertz CT molecular complexity index is 1080. The number of rotatable bonds is 6. The van der Waals surface area contributed by atoms with Crippen LogP contribution < -0.4 is 14.4 Å². The van der Waals surface area contributed by atoms with Crippen LogP contribution in [0.25, 0.3) is 0 Å². The van der Waals surface area contributed by atoms with Gasteiger partial charge in [0.1, 0.15) is 23.5 Å². The van der Waals surface area contributed by atoms with Crippen molar-refractivity contribution in [3.8, 4) is 5.75 Å². The summed E-state index contributed by atoms with van der Waals surface area (Å²) in [6, 6.07) is 6.66. The Hall–Kier alpha value is -2.68. The average molecular weight is 448 g/mol. The molecule has 1 N–H and O–H groups in total. The predicted octanol–water partition coefficient (Wildman–Crippen LogP) is 3.14. The van der Waals surface area contributed by atoms with Gasteiger partial charge in [0, 0.05) is 18.8 Å². The van der Waals surface area contributed by atoms with Crippen LogP contribution >= 0.6 is 0 Å². The van der Waals surface area contributed by atoms with E-state index in [4.69, 9.17) is 4.74 Å². The molecule has 7 nitrogen and oxygen atoms in total. The van der Waals surface area contributed by atoms with Crippen molar-refractivity contribution >= 4 is 21.7 Å². The first kappa shape index (κ1) is 21.5. The van der Waals surface area contributed by atoms with E-state index in [2.05, 4.69) is 9.88 Å². The molecule has 0 bridgehead atoms. The summed E-state index contributed by atoms with van der Waals surface area (Å²) in [5.41, 5.74) is 1.57. The van der Waals surface area contributed by atoms with E-state index in [1.165, 1.54) is 12.1 Å². The number of hydrogen-bond donors (Lipinski definition) is 1. The minimum absolute atomic E-state index is 0.135. The zero-order valence-corrected chi connectivity index (χ0v) is 18.4. The summed E-state index contributed by atoms with van der Waals surface area (Å²) in [7, 11) is -3.78. The second-order valence-electron chi connectivity index (χ2n) is 8.37. The van der Waals surface area contributed by atoms with E-state index in [1.807, 2.05) is 30.0 Å². The number of carbonyl (C=O) groups is 1. The van der Waals surface area contributed by atoms with Crippen LogP contribution in [-0.2, 0) is 10.0 Å². The molecular weight excluding hydrogens is 421 g/mol. The number of nitrogens with one attached hydrogen (secondary N) is 1. The first-order chi connectivity index (χ1) is 14.7. The molecule has 1 aliphatic heterocycles. The summed E-state index contributed by atoms with van der Waals surface area (Å²) < 4.78 is 45.5. The molecule has 2 aliphatic rings. The predicted molar refractivity (Wildman–Crippen MR) is 116 cm³/mol. The maximum Gasteiger partial charge on any atom is 0.267 e. The van der Waals surface area contributed by atoms with Crippen LogP contribution in [0.3, 0.4) is 0 Å². The lowest BCUT2D eigenvalue weighted by molar-refractivity contribution is 0.0977. The number of hydrogen-bond acceptors (Lipinski definition) is 6. The standard InChI is InChI=1S/C22H26FN3O4S/c1-14-5-8-21(24-12-14)26-9-3-4-16(13-26)30-20-11-19(23)18(10-17(20)15-6-7-15)22(27)25-31(2,28)29/h5,8,10-12,15-16H,3-4,6-7,9,13H2,1-2H3,(H,25,27)/t16-/m1/s1. The molecule has 0 unspecified atom stereocenters. The van der Waals surface area contributed by atoms with Crippen molar-refractivity contribution in [3.05, 3.63) is 53.0 Å². The molecule has 1 amide bonds. The first-order valence-electron chi connectivity index (χ1n) is 10.4. The van der Waals surface area contributed by atoms with Crippen molar-refractivity contribution < 1.29 is 22.3 Å². The number of sulfonamides is 1. The van der Waals surface area contributed by atoms with Crippen LogP contribution in [0.5, 0.6) is 5.75 Å². The second kappa shape index (κ2) is 8.45. The Morgan fingerprint density at radius 2 is 2.03 bits per heavy atom. The molecule has 2 aromatic rings. The minimum Gasteiger partial charge on any atom is -0.488 e. The van der Waals surface area contributed by atoms with Gasteiger partial charge in [0.25, 0.3) is 5.91 Å². The number of aryl methyl sites for hydroxylation is 1. The van der Waals surface area contributed by atoms with Crippen molar-refractivity contribution in [1.29, 1.82) is 0 Å². The van der Waals surface area contributed by atoms with Gasteiger partial charge in [-0.15, -0.1) is 0 Å². The highest BCUT2D eigenvalue weighted by Gasteiger charge is 2.31. The van der Waals surface area contributed by atoms with Gasteiger partial charge in [0.05, 0.1) is 18.4 Å². The molecule has 4 rings (SSSR count). The number of ether oxygens (including phenoxy) is 1. The number of piperidine rings is 1. The van der Waals surface area contributed by atoms with Gasteiger partial charge in [-0.1, -0.05) is 6.07 Å². The molecule has 1 aromatic heterocycles. The average Bonchev–Trinajstić information content (AvgIpc) is 3.52. The van der Waals surface area contributed by atoms with Crippen LogP contribution in [0.15, 0.2) is 30.5 Å². The third kappa shape index (κ3) is 5.33. The van der Waals surface area contributed by atoms with E-state index in [-0.39, 0.29) is 17.6 Å². The normalized spacial score (nSPS) is 19.2. The topological polar surface area (TPSA) is 88.6 Å². The molecule has 0 spiro atoms. The number of carbonyl (C=O) groups excluding carboxylic acids is 1. The molecule has 166 valence electrons. The number of aromatic nitrogens is 1. The first-order valence-corrected chi connectivity index (χ1v) is 12.3. The van der Waals surface area contributed by atoms with Crippen molar-refractivity contribution in [2.24, 2.45) is 0 Å². The quantitative estimate of drug-likeness (QED) is 0.732. The van der Waals surface area contributed by atoms with Gasteiger partial charge < -0.3 is 9.64 Å². The van der Waals surface area contributed by atoms with Crippen LogP contribution in [0.2, 0.25) is 0 Å². The third-order valence-corrected chi connectivity index (χ3v) is 6.09. The zero-order valence-electron chi connectivity index (χ0n) is 17.6. The SMILES string of the molecule is Cc1ccc(N2CCC[C@@H](Oc3cc(F)c(C(=O)NS(C)(=O)=O)cc3C3CC3)C2)nc1. The van der Waals surface area contributed by atoms with Crippen LogP contribution in [0.1, 0.15) is 53.1 Å². The Balaban J connectivity index is 1.54. The summed E-state index contributed by atoms with van der Waals surface area (Å²) in [5, 5.41) is 0. The lowest BCUT2D eigenvalue weighted by Crippen LogP contribution is -2.41. The molecule has 31 heavy (non-hydrogen) atoms. The molecule has 0 radical (unpaired) electrons. The van der Waals surface area contributed by atoms with Gasteiger partial charge in [0.15, 0.2) is 0 Å². The molecule has 1 saturated carbocycles. The molecule has 1 saturated heterocycles. The van der Waals surface area contributed by atoms with E-state index < -0.39 is 21.7 Å². The molecule has 2 heterocycles. The smallest absolute Gasteiger partial charge is 0.267 e. The third-order valence-electron chi connectivity index (χ3n) is 5.53. The number of benzene rings is 1. The number of halogens is 1. The van der Waals surface area contributed by atoms with E-state index in [0.29, 0.717) is 12.3 Å². The van der Waals surface area contributed by atoms with E-state index in [0.717, 1.165) is 55.4 Å². The van der Waals surface area contributed by atoms with Crippen molar-refractivity contribution in [2.75, 3.05) is 24.2 Å². The maximum atomic E-state index is 14.7. The summed E-state index contributed by atoms with van der Waals surface area (Å²) in [5.74, 6) is -0.255. The van der Waals surface area contributed by atoms with Gasteiger partial charge in [-0.05, 0) is 61.8 Å². The fourth-order valence-corrected chi connectivity index (χ4v) is 4.30. The highest BCUT2D eigenvalue weighted by molar-refractivity contribution is 7.89. The molecule has 9 heteroatoms. The lowest BCUT2D eigenvalue weighted by atomic mass is 10.0. The highest BCUT2D eigenvalue weighted by atomic mass is 32.2. The molecule has 2 fully saturated rings. The van der Waals surface area contributed by atoms with Crippen molar-refractivity contribution in [2.45, 2.75) is 44.6 Å². The molecule has 1 atom stereocenters. The summed E-state index contributed by atoms with van der Waals surface area (Å²) in [6.45, 7) is 3.51. The Kier molecular flexibility index (Phi) is 5.88. The Labute approximate surface area is 181 Å². The molecular formula is C22H26FN3O4S. The van der Waals surface area contributed by atoms with Crippen LogP contribution in [0.4, 0.5) is 10.2 Å². The summed E-state index contributed by atoms with van der Waals surface area (Å²) in [4.78, 5) is 18.9. The van der Waals surface area contributed by atoms with Gasteiger partial charge in [-0.25, -0.2) is 22.5 Å². The number of amides is 1. The minimum atomic E-state index is -3.78. The number of anilines is 1. The Morgan fingerprint density at radius 1 is 1.26 bits per heavy atom. The Morgan fingerprint density at radius 3 is 2.68 bits per heavy atom. The largest absolute Gasteiger partial charge is 0.488 e. The van der Waals surface area contributed by atoms with Crippen LogP contribution in [-0.4, -0.2) is 44.8 Å². The van der Waals surface area contributed by atoms with Crippen molar-refractivity contribution in [1.82, 2.24) is 9.71 Å². The van der Waals surface area contributed by atoms with E-state index >= 15 is 0 Å². The summed E-state index contributed by atoms with van der Waals surface area (Å²) in [6.07, 6.45) is 6.18. The number of pyridine rings is 1. The number of nitrogens with zero attached hydrogens (tertiary/aromatic N) is 2. The highest BCUT2D eigenvalue weighted by Crippen LogP contribution is 2.45. The van der Waals surface area contributed by atoms with Crippen LogP contribution in [0, 0.1) is 12.7 Å².